The van der Waals surface area contributed by atoms with E-state index in [9.17, 15) is 14.4 Å². The highest BCUT2D eigenvalue weighted by Crippen LogP contribution is 2.19. The Hall–Kier alpha value is -2.11. The number of rotatable bonds is 67. The number of hydrogen-bond acceptors (Lipinski definition) is 6. The first-order valence-corrected chi connectivity index (χ1v) is 35.8. The van der Waals surface area contributed by atoms with Gasteiger partial charge in [-0.25, -0.2) is 0 Å². The zero-order valence-corrected chi connectivity index (χ0v) is 53.7. The molecule has 0 N–H and O–H groups in total. The predicted octanol–water partition coefficient (Wildman–Crippen LogP) is 24.6. The van der Waals surface area contributed by atoms with Crippen molar-refractivity contribution >= 4 is 17.9 Å². The van der Waals surface area contributed by atoms with Crippen molar-refractivity contribution < 1.29 is 28.6 Å². The molecule has 1 unspecified atom stereocenters. The quantitative estimate of drug-likeness (QED) is 0.0261. The monoisotopic (exact) mass is 1110 g/mol. The van der Waals surface area contributed by atoms with Crippen LogP contribution in [0.5, 0.6) is 0 Å². The third-order valence-corrected chi connectivity index (χ3v) is 16.4. The molecule has 466 valence electrons. The maximum atomic E-state index is 12.9. The summed E-state index contributed by atoms with van der Waals surface area (Å²) >= 11 is 0. The summed E-state index contributed by atoms with van der Waals surface area (Å²) in [5.74, 6) is -0.853. The van der Waals surface area contributed by atoms with Crippen molar-refractivity contribution in [3.05, 3.63) is 24.3 Å². The SMILES string of the molecule is CCCC/C=C\CCCCCCCC(=O)OCC(COC(=O)CCCCCCCCCCCCCCCCCCCCCCCCCCCCCCC)OC(=O)CCCCCCCCCCC/C=C\CCCCCCCCCC. The van der Waals surface area contributed by atoms with Crippen LogP contribution in [-0.4, -0.2) is 37.2 Å². The average molecular weight is 1110 g/mol. The maximum Gasteiger partial charge on any atom is 0.306 e. The standard InChI is InChI=1S/C73H138O6/c1-4-7-10-13-16-19-22-24-26-28-30-32-33-34-35-36-37-38-39-41-42-44-46-48-51-54-57-60-63-66-72(75)78-69-70(68-77-71(74)65-62-59-56-53-50-21-18-15-12-9-6-3)79-73(76)67-64-61-58-55-52-49-47-45-43-40-31-29-27-25-23-20-17-14-11-8-5-2/h15,18,29,31,70H,4-14,16-17,19-28,30,32-69H2,1-3H3/b18-15-,31-29-. The molecule has 0 spiro atoms. The second-order valence-corrected chi connectivity index (χ2v) is 24.5. The number of allylic oxidation sites excluding steroid dienone is 4. The minimum Gasteiger partial charge on any atom is -0.462 e. The van der Waals surface area contributed by atoms with Gasteiger partial charge in [0.1, 0.15) is 13.2 Å². The zero-order valence-electron chi connectivity index (χ0n) is 53.7. The normalized spacial score (nSPS) is 12.1. The Balaban J connectivity index is 4.13. The van der Waals surface area contributed by atoms with Gasteiger partial charge in [0.05, 0.1) is 0 Å². The maximum absolute atomic E-state index is 12.9. The molecular weight excluding hydrogens is 973 g/mol. The van der Waals surface area contributed by atoms with Crippen LogP contribution in [0.25, 0.3) is 0 Å². The van der Waals surface area contributed by atoms with Crippen molar-refractivity contribution in [2.24, 2.45) is 0 Å². The minimum atomic E-state index is -0.773. The van der Waals surface area contributed by atoms with Crippen molar-refractivity contribution in [1.29, 1.82) is 0 Å². The molecule has 0 saturated carbocycles. The summed E-state index contributed by atoms with van der Waals surface area (Å²) in [7, 11) is 0. The van der Waals surface area contributed by atoms with Gasteiger partial charge in [0.15, 0.2) is 6.10 Å². The van der Waals surface area contributed by atoms with Gasteiger partial charge in [0.2, 0.25) is 0 Å². The van der Waals surface area contributed by atoms with Crippen LogP contribution in [0.4, 0.5) is 0 Å². The molecule has 1 atom stereocenters. The lowest BCUT2D eigenvalue weighted by molar-refractivity contribution is -0.167. The van der Waals surface area contributed by atoms with E-state index in [2.05, 4.69) is 45.1 Å². The summed E-state index contributed by atoms with van der Waals surface area (Å²) in [5.41, 5.74) is 0. The Labute approximate surface area is 493 Å². The van der Waals surface area contributed by atoms with E-state index in [1.807, 2.05) is 0 Å². The molecule has 0 bridgehead atoms. The van der Waals surface area contributed by atoms with Crippen LogP contribution in [0, 0.1) is 0 Å². The van der Waals surface area contributed by atoms with E-state index >= 15 is 0 Å². The first kappa shape index (κ1) is 76.9. The van der Waals surface area contributed by atoms with Crippen LogP contribution in [-0.2, 0) is 28.6 Å². The fourth-order valence-electron chi connectivity index (χ4n) is 11.0. The van der Waals surface area contributed by atoms with Gasteiger partial charge in [-0.1, -0.05) is 347 Å². The van der Waals surface area contributed by atoms with Crippen LogP contribution < -0.4 is 0 Å². The van der Waals surface area contributed by atoms with Crippen molar-refractivity contribution in [3.8, 4) is 0 Å². The van der Waals surface area contributed by atoms with Crippen LogP contribution >= 0.6 is 0 Å². The summed E-state index contributed by atoms with van der Waals surface area (Å²) in [4.78, 5) is 38.3. The second-order valence-electron chi connectivity index (χ2n) is 24.5. The number of ether oxygens (including phenoxy) is 3. The summed E-state index contributed by atoms with van der Waals surface area (Å²) in [5, 5.41) is 0. The topological polar surface area (TPSA) is 78.9 Å². The number of carbonyl (C=O) groups excluding carboxylic acids is 3. The molecule has 0 fully saturated rings. The molecule has 79 heavy (non-hydrogen) atoms. The molecule has 0 aromatic heterocycles. The fourth-order valence-corrected chi connectivity index (χ4v) is 11.0. The first-order chi connectivity index (χ1) is 39.0. The lowest BCUT2D eigenvalue weighted by Crippen LogP contribution is -2.30. The van der Waals surface area contributed by atoms with Gasteiger partial charge < -0.3 is 14.2 Å². The number of hydrogen-bond donors (Lipinski definition) is 0. The van der Waals surface area contributed by atoms with Crippen molar-refractivity contribution in [1.82, 2.24) is 0 Å². The highest BCUT2D eigenvalue weighted by molar-refractivity contribution is 5.71. The van der Waals surface area contributed by atoms with E-state index in [1.165, 1.54) is 302 Å². The van der Waals surface area contributed by atoms with Gasteiger partial charge in [-0.2, -0.15) is 0 Å². The van der Waals surface area contributed by atoms with Crippen molar-refractivity contribution in [3.63, 3.8) is 0 Å². The molecule has 0 aromatic rings. The molecule has 0 radical (unpaired) electrons. The summed E-state index contributed by atoms with van der Waals surface area (Å²) in [6, 6.07) is 0. The van der Waals surface area contributed by atoms with E-state index in [0.717, 1.165) is 64.2 Å². The lowest BCUT2D eigenvalue weighted by atomic mass is 10.0. The molecule has 0 amide bonds. The second kappa shape index (κ2) is 68.4. The summed E-state index contributed by atoms with van der Waals surface area (Å²) < 4.78 is 17.0. The third-order valence-electron chi connectivity index (χ3n) is 16.4. The van der Waals surface area contributed by atoms with Crippen LogP contribution in [0.2, 0.25) is 0 Å². The van der Waals surface area contributed by atoms with Gasteiger partial charge in [0.25, 0.3) is 0 Å². The third kappa shape index (κ3) is 66.6. The van der Waals surface area contributed by atoms with Crippen LogP contribution in [0.1, 0.15) is 406 Å². The first-order valence-electron chi connectivity index (χ1n) is 35.8. The Bertz CT molecular complexity index is 1270. The molecule has 6 nitrogen and oxygen atoms in total. The van der Waals surface area contributed by atoms with Gasteiger partial charge in [-0.15, -0.1) is 0 Å². The minimum absolute atomic E-state index is 0.0695. The molecule has 0 rings (SSSR count). The number of unbranched alkanes of at least 4 members (excludes halogenated alkanes) is 52. The smallest absolute Gasteiger partial charge is 0.306 e. The molecule has 6 heteroatoms. The molecule has 0 heterocycles. The highest BCUT2D eigenvalue weighted by atomic mass is 16.6. The molecule has 0 aliphatic heterocycles. The Morgan fingerprint density at radius 2 is 0.430 bits per heavy atom. The predicted molar refractivity (Wildman–Crippen MR) is 344 cm³/mol. The van der Waals surface area contributed by atoms with Crippen LogP contribution in [0.3, 0.4) is 0 Å². The van der Waals surface area contributed by atoms with Gasteiger partial charge >= 0.3 is 17.9 Å². The van der Waals surface area contributed by atoms with Crippen molar-refractivity contribution in [2.75, 3.05) is 13.2 Å². The highest BCUT2D eigenvalue weighted by Gasteiger charge is 2.19. The number of esters is 3. The van der Waals surface area contributed by atoms with E-state index in [-0.39, 0.29) is 31.1 Å². The Morgan fingerprint density at radius 1 is 0.241 bits per heavy atom. The van der Waals surface area contributed by atoms with Crippen LogP contribution in [0.15, 0.2) is 24.3 Å². The lowest BCUT2D eigenvalue weighted by Gasteiger charge is -2.18. The summed E-state index contributed by atoms with van der Waals surface area (Å²) in [6.45, 7) is 6.67. The largest absolute Gasteiger partial charge is 0.462 e. The molecule has 0 aromatic carbocycles. The van der Waals surface area contributed by atoms with E-state index in [0.29, 0.717) is 19.3 Å². The summed E-state index contributed by atoms with van der Waals surface area (Å²) in [6.07, 6.45) is 83.7. The molecular formula is C73H138O6. The van der Waals surface area contributed by atoms with Gasteiger partial charge in [0, 0.05) is 19.3 Å². The zero-order chi connectivity index (χ0) is 57.1. The van der Waals surface area contributed by atoms with E-state index < -0.39 is 6.10 Å². The Morgan fingerprint density at radius 3 is 0.671 bits per heavy atom. The van der Waals surface area contributed by atoms with E-state index in [1.54, 1.807) is 0 Å². The van der Waals surface area contributed by atoms with Gasteiger partial charge in [-0.05, 0) is 64.2 Å². The molecule has 0 aliphatic carbocycles. The number of carbonyl (C=O) groups is 3. The van der Waals surface area contributed by atoms with E-state index in [4.69, 9.17) is 14.2 Å². The molecule has 0 aliphatic rings. The Kier molecular flexibility index (Phi) is 66.6. The van der Waals surface area contributed by atoms with Gasteiger partial charge in [-0.3, -0.25) is 14.4 Å². The molecule has 0 saturated heterocycles. The fraction of sp³-hybridized carbons (Fsp3) is 0.904. The average Bonchev–Trinajstić information content (AvgIpc) is 3.45. The van der Waals surface area contributed by atoms with Crippen molar-refractivity contribution in [2.45, 2.75) is 412 Å².